The zero-order valence-electron chi connectivity index (χ0n) is 12.4. The molecule has 0 aliphatic rings. The Kier molecular flexibility index (Phi) is 5.40. The molecule has 1 aromatic heterocycles. The summed E-state index contributed by atoms with van der Waals surface area (Å²) >= 11 is 0. The zero-order valence-corrected chi connectivity index (χ0v) is 12.4. The van der Waals surface area contributed by atoms with Gasteiger partial charge in [-0.3, -0.25) is 9.98 Å². The maximum atomic E-state index is 13.6. The Morgan fingerprint density at radius 1 is 1.13 bits per heavy atom. The summed E-state index contributed by atoms with van der Waals surface area (Å²) < 4.78 is 13.6. The van der Waals surface area contributed by atoms with Gasteiger partial charge in [-0.15, -0.1) is 0 Å². The Balaban J connectivity index is 2.31. The quantitative estimate of drug-likeness (QED) is 0.335. The molecule has 1 aromatic carbocycles. The first-order valence-corrected chi connectivity index (χ1v) is 6.82. The third kappa shape index (κ3) is 4.37. The van der Waals surface area contributed by atoms with Gasteiger partial charge in [0.05, 0.1) is 17.9 Å². The van der Waals surface area contributed by atoms with E-state index in [1.165, 1.54) is 12.1 Å². The Bertz CT molecular complexity index is 752. The number of hydrogen-bond donors (Lipinski definition) is 3. The van der Waals surface area contributed by atoms with Crippen molar-refractivity contribution in [2.45, 2.75) is 6.54 Å². The number of aliphatic imine (C=N–C) groups is 1. The molecule has 0 radical (unpaired) electrons. The van der Waals surface area contributed by atoms with Crippen molar-refractivity contribution in [2.75, 3.05) is 0 Å². The van der Waals surface area contributed by atoms with E-state index in [2.05, 4.69) is 15.1 Å². The van der Waals surface area contributed by atoms with E-state index in [4.69, 9.17) is 17.3 Å². The Hall–Kier alpha value is -3.22. The molecule has 7 heteroatoms. The number of pyridine rings is 1. The topological polar surface area (TPSA) is 116 Å². The van der Waals surface area contributed by atoms with E-state index in [0.29, 0.717) is 17.0 Å². The molecule has 0 spiro atoms. The molecule has 0 bridgehead atoms. The first kappa shape index (κ1) is 16.2. The fourth-order valence-electron chi connectivity index (χ4n) is 1.82. The smallest absolute Gasteiger partial charge is 0.168 e. The highest BCUT2D eigenvalue weighted by Gasteiger charge is 2.06. The van der Waals surface area contributed by atoms with Crippen LogP contribution in [0.4, 0.5) is 4.39 Å². The van der Waals surface area contributed by atoms with Crippen molar-refractivity contribution >= 4 is 17.2 Å². The molecule has 6 N–H and O–H groups in total. The van der Waals surface area contributed by atoms with Crippen LogP contribution in [0, 0.1) is 5.82 Å². The number of hydrazone groups is 1. The van der Waals surface area contributed by atoms with Gasteiger partial charge >= 0.3 is 0 Å². The lowest BCUT2D eigenvalue weighted by Crippen LogP contribution is -2.25. The summed E-state index contributed by atoms with van der Waals surface area (Å²) in [7, 11) is 0. The molecule has 23 heavy (non-hydrogen) atoms. The number of benzene rings is 1. The third-order valence-corrected chi connectivity index (χ3v) is 3.03. The highest BCUT2D eigenvalue weighted by Crippen LogP contribution is 2.09. The van der Waals surface area contributed by atoms with E-state index >= 15 is 0 Å². The van der Waals surface area contributed by atoms with Crippen molar-refractivity contribution in [2.24, 2.45) is 27.4 Å². The van der Waals surface area contributed by atoms with Crippen LogP contribution in [-0.4, -0.2) is 16.5 Å². The number of halogens is 1. The highest BCUT2D eigenvalue weighted by molar-refractivity contribution is 6.46. The summed E-state index contributed by atoms with van der Waals surface area (Å²) in [6.45, 7) is 0.0875. The monoisotopic (exact) mass is 312 g/mol. The van der Waals surface area contributed by atoms with E-state index in [9.17, 15) is 4.39 Å². The molecule has 0 saturated heterocycles. The second-order valence-corrected chi connectivity index (χ2v) is 4.62. The molecule has 2 rings (SSSR count). The van der Waals surface area contributed by atoms with Gasteiger partial charge in [-0.2, -0.15) is 5.10 Å². The SMILES string of the molecule is N/N=C(\N)C(C=C(N)c1ccccn1)=NCc1ccccc1F. The summed E-state index contributed by atoms with van der Waals surface area (Å²) in [4.78, 5) is 8.38. The van der Waals surface area contributed by atoms with Gasteiger partial charge in [0.1, 0.15) is 11.5 Å². The van der Waals surface area contributed by atoms with Gasteiger partial charge in [-0.25, -0.2) is 4.39 Å². The van der Waals surface area contributed by atoms with Gasteiger partial charge in [0.25, 0.3) is 0 Å². The van der Waals surface area contributed by atoms with Gasteiger partial charge in [0.15, 0.2) is 5.84 Å². The minimum Gasteiger partial charge on any atom is -0.397 e. The second kappa shape index (κ2) is 7.69. The van der Waals surface area contributed by atoms with Gasteiger partial charge < -0.3 is 17.3 Å². The predicted molar refractivity (Wildman–Crippen MR) is 89.8 cm³/mol. The number of nitrogens with two attached hydrogens (primary N) is 3. The lowest BCUT2D eigenvalue weighted by molar-refractivity contribution is 0.611. The van der Waals surface area contributed by atoms with Crippen LogP contribution in [0.5, 0.6) is 0 Å². The van der Waals surface area contributed by atoms with Crippen LogP contribution >= 0.6 is 0 Å². The number of rotatable bonds is 5. The second-order valence-electron chi connectivity index (χ2n) is 4.62. The lowest BCUT2D eigenvalue weighted by atomic mass is 10.2. The molecule has 118 valence electrons. The van der Waals surface area contributed by atoms with Crippen molar-refractivity contribution in [1.29, 1.82) is 0 Å². The first-order valence-electron chi connectivity index (χ1n) is 6.82. The van der Waals surface area contributed by atoms with Crippen LogP contribution in [0.3, 0.4) is 0 Å². The molecule has 0 atom stereocenters. The number of nitrogens with zero attached hydrogens (tertiary/aromatic N) is 3. The summed E-state index contributed by atoms with van der Waals surface area (Å²) in [6, 6.07) is 11.7. The van der Waals surface area contributed by atoms with E-state index in [-0.39, 0.29) is 23.9 Å². The molecule has 0 amide bonds. The average molecular weight is 312 g/mol. The number of amidine groups is 1. The van der Waals surface area contributed by atoms with Gasteiger partial charge in [-0.1, -0.05) is 24.3 Å². The molecule has 6 nitrogen and oxygen atoms in total. The molecule has 0 aliphatic carbocycles. The minimum atomic E-state index is -0.347. The Labute approximate surface area is 133 Å². The van der Waals surface area contributed by atoms with Crippen molar-refractivity contribution in [1.82, 2.24) is 4.98 Å². The fourth-order valence-corrected chi connectivity index (χ4v) is 1.82. The maximum Gasteiger partial charge on any atom is 0.168 e. The van der Waals surface area contributed by atoms with E-state index in [0.717, 1.165) is 0 Å². The molecular weight excluding hydrogens is 295 g/mol. The standard InChI is InChI=1S/C16H17FN6/c17-12-6-2-1-5-11(12)10-22-15(16(19)23-20)9-13(18)14-7-3-4-8-21-14/h1-9H,10,18,20H2,(H2,19,23). The average Bonchev–Trinajstić information content (AvgIpc) is 2.59. The Morgan fingerprint density at radius 3 is 2.52 bits per heavy atom. The zero-order chi connectivity index (χ0) is 16.7. The summed E-state index contributed by atoms with van der Waals surface area (Å²) in [5, 5.41) is 3.42. The fraction of sp³-hybridized carbons (Fsp3) is 0.0625. The maximum absolute atomic E-state index is 13.6. The van der Waals surface area contributed by atoms with E-state index < -0.39 is 0 Å². The van der Waals surface area contributed by atoms with E-state index in [1.54, 1.807) is 42.6 Å². The van der Waals surface area contributed by atoms with Crippen molar-refractivity contribution in [3.8, 4) is 0 Å². The van der Waals surface area contributed by atoms with E-state index in [1.807, 2.05) is 0 Å². The summed E-state index contributed by atoms with van der Waals surface area (Å²) in [5.74, 6) is 4.86. The van der Waals surface area contributed by atoms with Crippen molar-refractivity contribution in [3.05, 3.63) is 71.8 Å². The molecule has 0 fully saturated rings. The Morgan fingerprint density at radius 2 is 1.87 bits per heavy atom. The summed E-state index contributed by atoms with van der Waals surface area (Å²) in [6.07, 6.45) is 3.13. The number of hydrogen-bond acceptors (Lipinski definition) is 5. The molecule has 2 aromatic rings. The van der Waals surface area contributed by atoms with Crippen molar-refractivity contribution < 1.29 is 4.39 Å². The minimum absolute atomic E-state index is 0.000204. The third-order valence-electron chi connectivity index (χ3n) is 3.03. The lowest BCUT2D eigenvalue weighted by Gasteiger charge is -2.05. The van der Waals surface area contributed by atoms with Crippen LogP contribution in [0.2, 0.25) is 0 Å². The van der Waals surface area contributed by atoms with Crippen LogP contribution in [0.15, 0.2) is 64.8 Å². The molecule has 0 unspecified atom stereocenters. The van der Waals surface area contributed by atoms with Gasteiger partial charge in [0.2, 0.25) is 0 Å². The van der Waals surface area contributed by atoms with Crippen LogP contribution in [-0.2, 0) is 6.54 Å². The largest absolute Gasteiger partial charge is 0.397 e. The molecule has 1 heterocycles. The van der Waals surface area contributed by atoms with Crippen LogP contribution in [0.25, 0.3) is 5.70 Å². The van der Waals surface area contributed by atoms with Crippen LogP contribution < -0.4 is 17.3 Å². The molecule has 0 aliphatic heterocycles. The highest BCUT2D eigenvalue weighted by atomic mass is 19.1. The van der Waals surface area contributed by atoms with Gasteiger partial charge in [0, 0.05) is 11.8 Å². The predicted octanol–water partition coefficient (Wildman–Crippen LogP) is 1.39. The first-order chi connectivity index (χ1) is 11.1. The number of aromatic nitrogens is 1. The normalized spacial score (nSPS) is 13.2. The van der Waals surface area contributed by atoms with Crippen LogP contribution in [0.1, 0.15) is 11.3 Å². The van der Waals surface area contributed by atoms with Gasteiger partial charge in [-0.05, 0) is 24.3 Å². The molecule has 0 saturated carbocycles. The van der Waals surface area contributed by atoms with Crippen molar-refractivity contribution in [3.63, 3.8) is 0 Å². The molecular formula is C16H17FN6. The summed E-state index contributed by atoms with van der Waals surface area (Å²) in [5.41, 5.74) is 13.3.